The molecule has 0 unspecified atom stereocenters. The second-order valence-electron chi connectivity index (χ2n) is 4.28. The quantitative estimate of drug-likeness (QED) is 0.664. The molecule has 3 aromatic rings. The highest BCUT2D eigenvalue weighted by Crippen LogP contribution is 2.24. The summed E-state index contributed by atoms with van der Waals surface area (Å²) in [6.07, 6.45) is 1.88. The molecule has 0 atom stereocenters. The molecule has 3 rings (SSSR count). The summed E-state index contributed by atoms with van der Waals surface area (Å²) in [5.41, 5.74) is 3.02. The van der Waals surface area contributed by atoms with Crippen molar-refractivity contribution in [2.75, 3.05) is 5.32 Å². The molecule has 0 fully saturated rings. The van der Waals surface area contributed by atoms with Crippen LogP contribution in [0.25, 0.3) is 11.6 Å². The molecular formula is C15H10BrN3OS2. The van der Waals surface area contributed by atoms with Crippen LogP contribution in [-0.4, -0.2) is 16.1 Å². The lowest BCUT2D eigenvalue weighted by Gasteiger charge is -2.07. The molecule has 2 aromatic heterocycles. The standard InChI is InChI=1S/C15H10BrN3OS2/c16-11-5-3-10(4-6-11)13(8-12-2-1-7-21-12)14(20)18-15-19-17-9-22-15/h1-9H,(H,18,19,20). The van der Waals surface area contributed by atoms with Gasteiger partial charge in [0.05, 0.1) is 0 Å². The Kier molecular flexibility index (Phi) is 4.77. The molecule has 0 spiro atoms. The van der Waals surface area contributed by atoms with Crippen LogP contribution in [0.1, 0.15) is 10.4 Å². The summed E-state index contributed by atoms with van der Waals surface area (Å²) in [5.74, 6) is -0.201. The van der Waals surface area contributed by atoms with Crippen molar-refractivity contribution in [3.63, 3.8) is 0 Å². The molecule has 2 heterocycles. The van der Waals surface area contributed by atoms with Crippen LogP contribution in [-0.2, 0) is 4.79 Å². The van der Waals surface area contributed by atoms with E-state index in [2.05, 4.69) is 31.4 Å². The predicted molar refractivity (Wildman–Crippen MR) is 94.9 cm³/mol. The number of thiophene rings is 1. The van der Waals surface area contributed by atoms with Gasteiger partial charge in [-0.3, -0.25) is 10.1 Å². The minimum atomic E-state index is -0.201. The lowest BCUT2D eigenvalue weighted by molar-refractivity contribution is -0.111. The minimum Gasteiger partial charge on any atom is -0.296 e. The van der Waals surface area contributed by atoms with Gasteiger partial charge in [-0.2, -0.15) is 0 Å². The number of anilines is 1. The molecule has 7 heteroatoms. The van der Waals surface area contributed by atoms with Gasteiger partial charge in [-0.25, -0.2) is 0 Å². The highest BCUT2D eigenvalue weighted by Gasteiger charge is 2.14. The lowest BCUT2D eigenvalue weighted by Crippen LogP contribution is -2.13. The van der Waals surface area contributed by atoms with E-state index in [9.17, 15) is 4.79 Å². The van der Waals surface area contributed by atoms with Gasteiger partial charge < -0.3 is 0 Å². The van der Waals surface area contributed by atoms with E-state index in [0.717, 1.165) is 14.9 Å². The third kappa shape index (κ3) is 3.68. The number of amides is 1. The van der Waals surface area contributed by atoms with Crippen molar-refractivity contribution in [3.8, 4) is 0 Å². The maximum absolute atomic E-state index is 12.6. The molecule has 0 aliphatic rings. The maximum Gasteiger partial charge on any atom is 0.258 e. The molecule has 0 bridgehead atoms. The van der Waals surface area contributed by atoms with E-state index >= 15 is 0 Å². The summed E-state index contributed by atoms with van der Waals surface area (Å²) in [7, 11) is 0. The Bertz CT molecular complexity index is 781. The summed E-state index contributed by atoms with van der Waals surface area (Å²) in [5, 5.41) is 12.8. The molecule has 0 saturated heterocycles. The molecule has 0 aliphatic carbocycles. The fourth-order valence-corrected chi connectivity index (χ4v) is 3.18. The SMILES string of the molecule is O=C(Nc1nncs1)C(=Cc1cccs1)c1ccc(Br)cc1. The zero-order valence-corrected chi connectivity index (χ0v) is 14.4. The Morgan fingerprint density at radius 3 is 2.64 bits per heavy atom. The Hall–Kier alpha value is -1.83. The first-order valence-corrected chi connectivity index (χ1v) is 8.86. The largest absolute Gasteiger partial charge is 0.296 e. The van der Waals surface area contributed by atoms with Gasteiger partial charge in [-0.1, -0.05) is 45.5 Å². The van der Waals surface area contributed by atoms with Crippen LogP contribution in [0.2, 0.25) is 0 Å². The lowest BCUT2D eigenvalue weighted by atomic mass is 10.0. The molecule has 1 N–H and O–H groups in total. The third-order valence-corrected chi connectivity index (χ3v) is 4.76. The summed E-state index contributed by atoms with van der Waals surface area (Å²) < 4.78 is 0.969. The maximum atomic E-state index is 12.6. The van der Waals surface area contributed by atoms with E-state index < -0.39 is 0 Å². The Morgan fingerprint density at radius 2 is 2.00 bits per heavy atom. The molecule has 4 nitrogen and oxygen atoms in total. The van der Waals surface area contributed by atoms with Crippen LogP contribution in [0, 0.1) is 0 Å². The summed E-state index contributed by atoms with van der Waals surface area (Å²) in [4.78, 5) is 13.6. The summed E-state index contributed by atoms with van der Waals surface area (Å²) in [6.45, 7) is 0. The molecule has 0 radical (unpaired) electrons. The highest BCUT2D eigenvalue weighted by molar-refractivity contribution is 9.10. The Balaban J connectivity index is 1.95. The number of aromatic nitrogens is 2. The van der Waals surface area contributed by atoms with Crippen LogP contribution in [0.15, 0.2) is 51.8 Å². The normalized spacial score (nSPS) is 11.4. The smallest absolute Gasteiger partial charge is 0.258 e. The van der Waals surface area contributed by atoms with Gasteiger partial charge >= 0.3 is 0 Å². The Labute approximate surface area is 143 Å². The van der Waals surface area contributed by atoms with E-state index in [-0.39, 0.29) is 5.91 Å². The molecule has 1 amide bonds. The van der Waals surface area contributed by atoms with Crippen LogP contribution in [0.5, 0.6) is 0 Å². The second-order valence-corrected chi connectivity index (χ2v) is 7.01. The second kappa shape index (κ2) is 6.95. The number of carbonyl (C=O) groups excluding carboxylic acids is 1. The fraction of sp³-hybridized carbons (Fsp3) is 0. The van der Waals surface area contributed by atoms with Crippen molar-refractivity contribution in [2.45, 2.75) is 0 Å². The number of hydrogen-bond donors (Lipinski definition) is 1. The van der Waals surface area contributed by atoms with E-state index in [1.165, 1.54) is 11.3 Å². The molecule has 1 aromatic carbocycles. The van der Waals surface area contributed by atoms with Crippen molar-refractivity contribution in [2.24, 2.45) is 0 Å². The topological polar surface area (TPSA) is 54.9 Å². The number of hydrogen-bond acceptors (Lipinski definition) is 5. The van der Waals surface area contributed by atoms with E-state index in [1.54, 1.807) is 16.8 Å². The molecule has 0 saturated carbocycles. The van der Waals surface area contributed by atoms with Gasteiger partial charge in [-0.15, -0.1) is 21.5 Å². The number of carbonyl (C=O) groups is 1. The third-order valence-electron chi connectivity index (χ3n) is 2.81. The monoisotopic (exact) mass is 391 g/mol. The zero-order chi connectivity index (χ0) is 15.4. The average molecular weight is 392 g/mol. The fourth-order valence-electron chi connectivity index (χ4n) is 1.82. The van der Waals surface area contributed by atoms with Gasteiger partial charge in [-0.05, 0) is 35.2 Å². The molecular weight excluding hydrogens is 382 g/mol. The number of halogens is 1. The summed E-state index contributed by atoms with van der Waals surface area (Å²) in [6, 6.07) is 11.6. The summed E-state index contributed by atoms with van der Waals surface area (Å²) >= 11 is 6.28. The van der Waals surface area contributed by atoms with Gasteiger partial charge in [0, 0.05) is 14.9 Å². The van der Waals surface area contributed by atoms with Crippen LogP contribution >= 0.6 is 38.6 Å². The van der Waals surface area contributed by atoms with Crippen molar-refractivity contribution in [3.05, 3.63) is 62.2 Å². The van der Waals surface area contributed by atoms with E-state index in [1.807, 2.05) is 47.9 Å². The zero-order valence-electron chi connectivity index (χ0n) is 11.2. The minimum absolute atomic E-state index is 0.201. The molecule has 110 valence electrons. The van der Waals surface area contributed by atoms with Gasteiger partial charge in [0.2, 0.25) is 5.13 Å². The number of nitrogens with zero attached hydrogens (tertiary/aromatic N) is 2. The van der Waals surface area contributed by atoms with Gasteiger partial charge in [0.1, 0.15) is 5.51 Å². The van der Waals surface area contributed by atoms with E-state index in [0.29, 0.717) is 10.7 Å². The average Bonchev–Trinajstić information content (AvgIpc) is 3.19. The van der Waals surface area contributed by atoms with Crippen molar-refractivity contribution >= 4 is 61.3 Å². The molecule has 0 aliphatic heterocycles. The molecule has 22 heavy (non-hydrogen) atoms. The van der Waals surface area contributed by atoms with Crippen molar-refractivity contribution in [1.82, 2.24) is 10.2 Å². The highest BCUT2D eigenvalue weighted by atomic mass is 79.9. The first kappa shape index (κ1) is 15.1. The van der Waals surface area contributed by atoms with Gasteiger partial charge in [0.25, 0.3) is 5.91 Å². The number of rotatable bonds is 4. The predicted octanol–water partition coefficient (Wildman–Crippen LogP) is 4.54. The number of nitrogens with one attached hydrogen (secondary N) is 1. The first-order chi connectivity index (χ1) is 10.7. The van der Waals surface area contributed by atoms with Crippen molar-refractivity contribution in [1.29, 1.82) is 0 Å². The van der Waals surface area contributed by atoms with Gasteiger partial charge in [0.15, 0.2) is 0 Å². The van der Waals surface area contributed by atoms with Crippen LogP contribution < -0.4 is 5.32 Å². The Morgan fingerprint density at radius 1 is 1.18 bits per heavy atom. The van der Waals surface area contributed by atoms with Crippen LogP contribution in [0.3, 0.4) is 0 Å². The van der Waals surface area contributed by atoms with Crippen LogP contribution in [0.4, 0.5) is 5.13 Å². The first-order valence-electron chi connectivity index (χ1n) is 6.31. The van der Waals surface area contributed by atoms with Crippen molar-refractivity contribution < 1.29 is 4.79 Å². The number of benzene rings is 1. The van der Waals surface area contributed by atoms with E-state index in [4.69, 9.17) is 0 Å².